The van der Waals surface area contributed by atoms with Gasteiger partial charge >= 0.3 is 5.97 Å². The summed E-state index contributed by atoms with van der Waals surface area (Å²) in [5.74, 6) is -1.08. The van der Waals surface area contributed by atoms with Crippen molar-refractivity contribution in [1.82, 2.24) is 0 Å². The van der Waals surface area contributed by atoms with Gasteiger partial charge in [-0.1, -0.05) is 24.3 Å². The number of hydrogen-bond donors (Lipinski definition) is 1. The summed E-state index contributed by atoms with van der Waals surface area (Å²) in [6.45, 7) is 1.56. The third-order valence-corrected chi connectivity index (χ3v) is 4.74. The number of halogens is 2. The smallest absolute Gasteiger partial charge is 0.308 e. The van der Waals surface area contributed by atoms with E-state index in [4.69, 9.17) is 33.0 Å². The Morgan fingerprint density at radius 1 is 1.53 bits per heavy atom. The van der Waals surface area contributed by atoms with E-state index in [2.05, 4.69) is 0 Å². The average molecular weight is 301 g/mol. The molecule has 0 saturated heterocycles. The van der Waals surface area contributed by atoms with Crippen LogP contribution in [-0.4, -0.2) is 28.4 Å². The van der Waals surface area contributed by atoms with Gasteiger partial charge in [-0.3, -0.25) is 4.79 Å². The van der Waals surface area contributed by atoms with Crippen LogP contribution in [0.2, 0.25) is 0 Å². The Kier molecular flexibility index (Phi) is 3.79. The highest BCUT2D eigenvalue weighted by Gasteiger charge is 2.43. The molecule has 3 nitrogen and oxygen atoms in total. The molecule has 5 heteroatoms. The summed E-state index contributed by atoms with van der Waals surface area (Å²) in [6.07, 6.45) is 3.46. The van der Waals surface area contributed by atoms with E-state index < -0.39 is 22.1 Å². The van der Waals surface area contributed by atoms with Gasteiger partial charge in [0.15, 0.2) is 0 Å². The standard InChI is InChI=1S/C14H14Cl2O3/c1-8(13(17)18)14(16)7-9-4-3-5-11(19-2)10(9)6-12(14)15/h3-8,12H,1-2H3,(H,17,18)/t8-,12?,14+/m1/s1. The normalized spacial score (nSPS) is 26.6. The highest BCUT2D eigenvalue weighted by Crippen LogP contribution is 2.36. The highest BCUT2D eigenvalue weighted by molar-refractivity contribution is 6.38. The first-order chi connectivity index (χ1) is 8.90. The lowest BCUT2D eigenvalue weighted by atomic mass is 9.85. The molecule has 1 aliphatic carbocycles. The summed E-state index contributed by atoms with van der Waals surface area (Å²) in [4.78, 5) is 10.0. The highest BCUT2D eigenvalue weighted by atomic mass is 35.5. The van der Waals surface area contributed by atoms with Crippen LogP contribution in [0.1, 0.15) is 6.92 Å². The zero-order valence-electron chi connectivity index (χ0n) is 10.6. The second-order valence-electron chi connectivity index (χ2n) is 4.56. The van der Waals surface area contributed by atoms with Crippen molar-refractivity contribution in [3.05, 3.63) is 28.6 Å². The van der Waals surface area contributed by atoms with Gasteiger partial charge in [0.1, 0.15) is 5.75 Å². The van der Waals surface area contributed by atoms with Crippen LogP contribution < -0.4 is 15.2 Å². The quantitative estimate of drug-likeness (QED) is 0.862. The molecule has 0 aliphatic heterocycles. The molecular formula is C14H14Cl2O3. The van der Waals surface area contributed by atoms with E-state index in [1.807, 2.05) is 18.2 Å². The van der Waals surface area contributed by atoms with Crippen molar-refractivity contribution >= 4 is 41.3 Å². The zero-order chi connectivity index (χ0) is 14.2. The molecule has 1 unspecified atom stereocenters. The first kappa shape index (κ1) is 14.2. The van der Waals surface area contributed by atoms with Crippen molar-refractivity contribution in [2.45, 2.75) is 17.2 Å². The fourth-order valence-corrected chi connectivity index (χ4v) is 2.84. The molecule has 1 aliphatic rings. The van der Waals surface area contributed by atoms with Crippen LogP contribution in [0.4, 0.5) is 0 Å². The molecule has 0 bridgehead atoms. The first-order valence-electron chi connectivity index (χ1n) is 5.83. The van der Waals surface area contributed by atoms with Crippen molar-refractivity contribution in [2.24, 2.45) is 5.92 Å². The van der Waals surface area contributed by atoms with Crippen LogP contribution >= 0.6 is 23.2 Å². The summed E-state index contributed by atoms with van der Waals surface area (Å²) in [5.41, 5.74) is 0. The Bertz CT molecular complexity index is 626. The second-order valence-corrected chi connectivity index (χ2v) is 5.69. The molecule has 0 spiro atoms. The van der Waals surface area contributed by atoms with Gasteiger partial charge in [0, 0.05) is 5.22 Å². The van der Waals surface area contributed by atoms with Crippen LogP contribution in [0.5, 0.6) is 5.75 Å². The van der Waals surface area contributed by atoms with Crippen molar-refractivity contribution in [1.29, 1.82) is 0 Å². The number of alkyl halides is 2. The monoisotopic (exact) mass is 300 g/mol. The van der Waals surface area contributed by atoms with Gasteiger partial charge in [0.25, 0.3) is 0 Å². The number of methoxy groups -OCH3 is 1. The molecule has 2 rings (SSSR count). The second kappa shape index (κ2) is 5.06. The molecular weight excluding hydrogens is 287 g/mol. The molecule has 0 heterocycles. The minimum Gasteiger partial charge on any atom is -0.496 e. The van der Waals surface area contributed by atoms with Crippen LogP contribution in [0.25, 0.3) is 12.2 Å². The van der Waals surface area contributed by atoms with Gasteiger partial charge in [-0.25, -0.2) is 0 Å². The number of hydrogen-bond acceptors (Lipinski definition) is 2. The summed E-state index contributed by atoms with van der Waals surface area (Å²) in [7, 11) is 1.58. The van der Waals surface area contributed by atoms with Crippen molar-refractivity contribution < 1.29 is 14.6 Å². The van der Waals surface area contributed by atoms with Crippen LogP contribution in [0, 0.1) is 5.92 Å². The van der Waals surface area contributed by atoms with Gasteiger partial charge in [0.05, 0.1) is 23.3 Å². The number of rotatable bonds is 3. The molecule has 102 valence electrons. The van der Waals surface area contributed by atoms with E-state index in [1.165, 1.54) is 0 Å². The van der Waals surface area contributed by atoms with Crippen LogP contribution in [-0.2, 0) is 4.79 Å². The average Bonchev–Trinajstić information content (AvgIpc) is 2.38. The van der Waals surface area contributed by atoms with E-state index in [9.17, 15) is 4.79 Å². The Labute approximate surface area is 121 Å². The van der Waals surface area contributed by atoms with E-state index in [0.29, 0.717) is 5.75 Å². The fraction of sp³-hybridized carbons (Fsp3) is 0.357. The molecule has 0 radical (unpaired) electrons. The minimum absolute atomic E-state index is 0.621. The van der Waals surface area contributed by atoms with Gasteiger partial charge < -0.3 is 9.84 Å². The molecule has 3 atom stereocenters. The molecule has 1 N–H and O–H groups in total. The number of fused-ring (bicyclic) bond motifs is 1. The molecule has 0 aromatic heterocycles. The lowest BCUT2D eigenvalue weighted by Gasteiger charge is -2.32. The largest absolute Gasteiger partial charge is 0.496 e. The van der Waals surface area contributed by atoms with Gasteiger partial charge in [-0.15, -0.1) is 23.2 Å². The number of benzene rings is 1. The number of carboxylic acids is 1. The molecule has 0 amide bonds. The molecule has 19 heavy (non-hydrogen) atoms. The maximum atomic E-state index is 11.2. The zero-order valence-corrected chi connectivity index (χ0v) is 12.1. The van der Waals surface area contributed by atoms with E-state index in [1.54, 1.807) is 26.2 Å². The predicted molar refractivity (Wildman–Crippen MR) is 76.2 cm³/mol. The Morgan fingerprint density at radius 2 is 2.21 bits per heavy atom. The first-order valence-corrected chi connectivity index (χ1v) is 6.65. The topological polar surface area (TPSA) is 46.5 Å². The van der Waals surface area contributed by atoms with Gasteiger partial charge in [-0.05, 0) is 18.2 Å². The molecule has 0 saturated carbocycles. The maximum absolute atomic E-state index is 11.2. The van der Waals surface area contributed by atoms with E-state index >= 15 is 0 Å². The minimum atomic E-state index is -1.15. The Balaban J connectivity index is 2.66. The number of aliphatic carboxylic acids is 1. The third-order valence-electron chi connectivity index (χ3n) is 3.47. The number of carboxylic acid groups (broad SMARTS) is 1. The van der Waals surface area contributed by atoms with E-state index in [0.717, 1.165) is 10.4 Å². The summed E-state index contributed by atoms with van der Waals surface area (Å²) < 4.78 is 5.27. The van der Waals surface area contributed by atoms with E-state index in [-0.39, 0.29) is 0 Å². The van der Waals surface area contributed by atoms with Crippen LogP contribution in [0.3, 0.4) is 0 Å². The Morgan fingerprint density at radius 3 is 2.79 bits per heavy atom. The molecule has 1 aromatic rings. The van der Waals surface area contributed by atoms with Crippen molar-refractivity contribution in [3.8, 4) is 5.75 Å². The fourth-order valence-electron chi connectivity index (χ4n) is 2.19. The number of ether oxygens (including phenoxy) is 1. The summed E-state index contributed by atoms with van der Waals surface area (Å²) in [6, 6.07) is 5.52. The summed E-state index contributed by atoms with van der Waals surface area (Å²) >= 11 is 12.7. The Hall–Kier alpha value is -1.19. The van der Waals surface area contributed by atoms with Crippen LogP contribution in [0.15, 0.2) is 18.2 Å². The maximum Gasteiger partial charge on any atom is 0.308 e. The lowest BCUT2D eigenvalue weighted by Crippen LogP contribution is -2.48. The lowest BCUT2D eigenvalue weighted by molar-refractivity contribution is -0.141. The van der Waals surface area contributed by atoms with Gasteiger partial charge in [0.2, 0.25) is 0 Å². The summed E-state index contributed by atoms with van der Waals surface area (Å²) in [5, 5.41) is 10.2. The molecule has 1 aromatic carbocycles. The van der Waals surface area contributed by atoms with Crippen molar-refractivity contribution in [2.75, 3.05) is 7.11 Å². The predicted octanol–water partition coefficient (Wildman–Crippen LogP) is 1.58. The number of carbonyl (C=O) groups is 1. The third kappa shape index (κ3) is 2.33. The van der Waals surface area contributed by atoms with Gasteiger partial charge in [-0.2, -0.15) is 0 Å². The SMILES string of the molecule is COc1cccc2c1=CC(Cl)[C@@](Cl)([C@H](C)C(=O)O)C=2. The molecule has 0 fully saturated rings. The van der Waals surface area contributed by atoms with Crippen molar-refractivity contribution in [3.63, 3.8) is 0 Å².